The molecule has 0 aliphatic heterocycles. The number of methoxy groups -OCH3 is 1. The molecule has 25 heavy (non-hydrogen) atoms. The number of nitrogens with one attached hydrogen (secondary N) is 2. The first kappa shape index (κ1) is 18.7. The summed E-state index contributed by atoms with van der Waals surface area (Å²) in [5.41, 5.74) is 0.980. The highest BCUT2D eigenvalue weighted by atomic mass is 19.1. The highest BCUT2D eigenvalue weighted by Crippen LogP contribution is 2.19. The van der Waals surface area contributed by atoms with E-state index in [4.69, 9.17) is 9.47 Å². The van der Waals surface area contributed by atoms with Gasteiger partial charge in [0.25, 0.3) is 0 Å². The maximum atomic E-state index is 12.9. The summed E-state index contributed by atoms with van der Waals surface area (Å²) in [6, 6.07) is 9.63. The molecular formula is C18H23FN4O2. The Morgan fingerprint density at radius 2 is 2.00 bits per heavy atom. The third-order valence-corrected chi connectivity index (χ3v) is 3.32. The second kappa shape index (κ2) is 9.58. The number of hydrogen-bond donors (Lipinski definition) is 2. The third-order valence-electron chi connectivity index (χ3n) is 3.32. The molecule has 2 rings (SSSR count). The van der Waals surface area contributed by atoms with E-state index in [1.54, 1.807) is 38.6 Å². The molecule has 0 amide bonds. The molecule has 1 atom stereocenters. The number of hydrogen-bond acceptors (Lipinski definition) is 4. The predicted molar refractivity (Wildman–Crippen MR) is 95.4 cm³/mol. The molecule has 0 aliphatic carbocycles. The van der Waals surface area contributed by atoms with Crippen molar-refractivity contribution in [1.82, 2.24) is 15.6 Å². The van der Waals surface area contributed by atoms with Gasteiger partial charge in [0.15, 0.2) is 5.96 Å². The van der Waals surface area contributed by atoms with E-state index in [1.165, 1.54) is 12.1 Å². The number of nitrogens with zero attached hydrogens (tertiary/aromatic N) is 2. The Morgan fingerprint density at radius 3 is 2.60 bits per heavy atom. The van der Waals surface area contributed by atoms with Crippen LogP contribution < -0.4 is 15.4 Å². The second-order valence-corrected chi connectivity index (χ2v) is 5.49. The lowest BCUT2D eigenvalue weighted by Gasteiger charge is -2.17. The molecule has 1 aromatic heterocycles. The number of benzene rings is 1. The molecule has 0 fully saturated rings. The second-order valence-electron chi connectivity index (χ2n) is 5.49. The first-order valence-electron chi connectivity index (χ1n) is 7.95. The zero-order valence-corrected chi connectivity index (χ0v) is 14.6. The van der Waals surface area contributed by atoms with Crippen LogP contribution in [0.15, 0.2) is 47.6 Å². The molecule has 134 valence electrons. The van der Waals surface area contributed by atoms with Gasteiger partial charge in [-0.15, -0.1) is 0 Å². The molecule has 6 nitrogen and oxygen atoms in total. The molecule has 0 saturated heterocycles. The van der Waals surface area contributed by atoms with Gasteiger partial charge in [-0.05, 0) is 36.8 Å². The fraction of sp³-hybridized carbons (Fsp3) is 0.333. The highest BCUT2D eigenvalue weighted by molar-refractivity contribution is 5.79. The Balaban J connectivity index is 1.86. The average Bonchev–Trinajstić information content (AvgIpc) is 2.62. The fourth-order valence-corrected chi connectivity index (χ4v) is 2.10. The topological polar surface area (TPSA) is 67.8 Å². The minimum Gasteiger partial charge on any atom is -0.439 e. The molecule has 0 saturated carbocycles. The van der Waals surface area contributed by atoms with E-state index in [9.17, 15) is 4.39 Å². The molecule has 0 spiro atoms. The van der Waals surface area contributed by atoms with Gasteiger partial charge >= 0.3 is 0 Å². The van der Waals surface area contributed by atoms with E-state index in [1.807, 2.05) is 13.0 Å². The maximum Gasteiger partial charge on any atom is 0.219 e. The van der Waals surface area contributed by atoms with Crippen molar-refractivity contribution in [2.45, 2.75) is 19.5 Å². The lowest BCUT2D eigenvalue weighted by atomic mass is 10.3. The molecule has 2 aromatic rings. The number of ether oxygens (including phenoxy) is 2. The van der Waals surface area contributed by atoms with Gasteiger partial charge in [-0.2, -0.15) is 0 Å². The SMILES string of the molecule is CN=C(NCc1ccc(Oc2ccc(F)cc2)nc1)NC(C)COC. The van der Waals surface area contributed by atoms with Crippen molar-refractivity contribution in [2.75, 3.05) is 20.8 Å². The summed E-state index contributed by atoms with van der Waals surface area (Å²) < 4.78 is 23.5. The lowest BCUT2D eigenvalue weighted by Crippen LogP contribution is -2.43. The average molecular weight is 346 g/mol. The van der Waals surface area contributed by atoms with E-state index in [0.717, 1.165) is 5.56 Å². The van der Waals surface area contributed by atoms with Crippen LogP contribution in [0.1, 0.15) is 12.5 Å². The monoisotopic (exact) mass is 346 g/mol. The number of pyridine rings is 1. The molecule has 1 aromatic carbocycles. The molecule has 2 N–H and O–H groups in total. The highest BCUT2D eigenvalue weighted by Gasteiger charge is 2.05. The summed E-state index contributed by atoms with van der Waals surface area (Å²) in [4.78, 5) is 8.42. The van der Waals surface area contributed by atoms with Gasteiger partial charge in [-0.1, -0.05) is 6.07 Å². The molecular weight excluding hydrogens is 323 g/mol. The quantitative estimate of drug-likeness (QED) is 0.596. The number of rotatable bonds is 7. The van der Waals surface area contributed by atoms with Crippen molar-refractivity contribution in [3.63, 3.8) is 0 Å². The Bertz CT molecular complexity index is 674. The van der Waals surface area contributed by atoms with Crippen molar-refractivity contribution in [2.24, 2.45) is 4.99 Å². The summed E-state index contributed by atoms with van der Waals surface area (Å²) in [6.07, 6.45) is 1.72. The van der Waals surface area contributed by atoms with Gasteiger partial charge in [0.1, 0.15) is 11.6 Å². The summed E-state index contributed by atoms with van der Waals surface area (Å²) in [7, 11) is 3.38. The maximum absolute atomic E-state index is 12.9. The van der Waals surface area contributed by atoms with Gasteiger partial charge in [-0.25, -0.2) is 9.37 Å². The molecule has 0 bridgehead atoms. The van der Waals surface area contributed by atoms with Crippen molar-refractivity contribution in [3.8, 4) is 11.6 Å². The first-order chi connectivity index (χ1) is 12.1. The van der Waals surface area contributed by atoms with Gasteiger partial charge in [0.2, 0.25) is 5.88 Å². The summed E-state index contributed by atoms with van der Waals surface area (Å²) in [6.45, 7) is 3.18. The van der Waals surface area contributed by atoms with E-state index < -0.39 is 0 Å². The number of aromatic nitrogens is 1. The zero-order chi connectivity index (χ0) is 18.1. The van der Waals surface area contributed by atoms with Crippen molar-refractivity contribution >= 4 is 5.96 Å². The largest absolute Gasteiger partial charge is 0.439 e. The minimum atomic E-state index is -0.302. The summed E-state index contributed by atoms with van der Waals surface area (Å²) in [5.74, 6) is 1.38. The number of halogens is 1. The third kappa shape index (κ3) is 6.39. The zero-order valence-electron chi connectivity index (χ0n) is 14.6. The van der Waals surface area contributed by atoms with E-state index in [0.29, 0.717) is 30.7 Å². The standard InChI is InChI=1S/C18H23FN4O2/c1-13(12-24-3)23-18(20-2)22-11-14-4-9-17(21-10-14)25-16-7-5-15(19)6-8-16/h4-10,13H,11-12H2,1-3H3,(H2,20,22,23). The Morgan fingerprint density at radius 1 is 1.24 bits per heavy atom. The molecule has 0 aliphatic rings. The van der Waals surface area contributed by atoms with Crippen LogP contribution in [-0.2, 0) is 11.3 Å². The van der Waals surface area contributed by atoms with Gasteiger partial charge in [0, 0.05) is 39.0 Å². The molecule has 1 unspecified atom stereocenters. The summed E-state index contributed by atoms with van der Waals surface area (Å²) >= 11 is 0. The molecule has 1 heterocycles. The van der Waals surface area contributed by atoms with Crippen LogP contribution >= 0.6 is 0 Å². The first-order valence-corrected chi connectivity index (χ1v) is 7.95. The molecule has 0 radical (unpaired) electrons. The minimum absolute atomic E-state index is 0.154. The van der Waals surface area contributed by atoms with Crippen LogP contribution in [-0.4, -0.2) is 37.7 Å². The molecule has 7 heteroatoms. The van der Waals surface area contributed by atoms with Crippen LogP contribution in [0.4, 0.5) is 4.39 Å². The van der Waals surface area contributed by atoms with Gasteiger partial charge in [-0.3, -0.25) is 4.99 Å². The van der Waals surface area contributed by atoms with Crippen LogP contribution in [0.2, 0.25) is 0 Å². The van der Waals surface area contributed by atoms with Crippen LogP contribution in [0.25, 0.3) is 0 Å². The Labute approximate surface area is 147 Å². The van der Waals surface area contributed by atoms with E-state index in [2.05, 4.69) is 20.6 Å². The smallest absolute Gasteiger partial charge is 0.219 e. The van der Waals surface area contributed by atoms with Crippen molar-refractivity contribution in [1.29, 1.82) is 0 Å². The Kier molecular flexibility index (Phi) is 7.16. The number of aliphatic imine (C=N–C) groups is 1. The van der Waals surface area contributed by atoms with Crippen LogP contribution in [0, 0.1) is 5.82 Å². The van der Waals surface area contributed by atoms with Gasteiger partial charge < -0.3 is 20.1 Å². The fourth-order valence-electron chi connectivity index (χ4n) is 2.10. The van der Waals surface area contributed by atoms with Crippen LogP contribution in [0.5, 0.6) is 11.6 Å². The van der Waals surface area contributed by atoms with E-state index in [-0.39, 0.29) is 11.9 Å². The van der Waals surface area contributed by atoms with Crippen molar-refractivity contribution in [3.05, 3.63) is 54.0 Å². The van der Waals surface area contributed by atoms with E-state index >= 15 is 0 Å². The summed E-state index contributed by atoms with van der Waals surface area (Å²) in [5, 5.41) is 6.44. The normalized spacial score (nSPS) is 12.6. The Hall–Kier alpha value is -2.67. The number of guanidine groups is 1. The van der Waals surface area contributed by atoms with Crippen LogP contribution in [0.3, 0.4) is 0 Å². The van der Waals surface area contributed by atoms with Gasteiger partial charge in [0.05, 0.1) is 6.61 Å². The lowest BCUT2D eigenvalue weighted by molar-refractivity contribution is 0.179. The van der Waals surface area contributed by atoms with Crippen molar-refractivity contribution < 1.29 is 13.9 Å². The predicted octanol–water partition coefficient (Wildman–Crippen LogP) is 2.71.